The predicted molar refractivity (Wildman–Crippen MR) is 241 cm³/mol. The first-order valence-corrected chi connectivity index (χ1v) is 23.2. The van der Waals surface area contributed by atoms with E-state index in [0.29, 0.717) is 32.0 Å². The summed E-state index contributed by atoms with van der Waals surface area (Å²) in [7, 11) is 2.59. The molecule has 2 aliphatic carbocycles. The van der Waals surface area contributed by atoms with Crippen molar-refractivity contribution in [3.63, 3.8) is 0 Å². The van der Waals surface area contributed by atoms with Gasteiger partial charge in [0, 0.05) is 18.5 Å². The molecule has 0 bridgehead atoms. The lowest BCUT2D eigenvalue weighted by molar-refractivity contribution is -0.153. The van der Waals surface area contributed by atoms with Gasteiger partial charge in [0.25, 0.3) is 0 Å². The summed E-state index contributed by atoms with van der Waals surface area (Å²) in [5, 5.41) is 5.46. The van der Waals surface area contributed by atoms with E-state index in [1.54, 1.807) is 11.1 Å². The molecule has 2 spiro atoms. The summed E-state index contributed by atoms with van der Waals surface area (Å²) < 4.78 is 21.8. The standard InChI is InChI=1S/C49H62N8O8/c1-28(2)40(54-46(60)62-5)44(58)56-19-9-10-38(56)42-51-26-37(53-42)33-16-15-32(34-22-48(23-35(33)34)17-7-8-18-48)30-11-13-31(14-12-30)36-25-50-43(52-36)39-24-49(64-20-21-65-49)27-57(39)45(59)41(29(3)4)55-47(61)63-6/h11-16,25-26,28-29,38-41H,7-10,17-24,27H2,1-6H3,(H,50,52)(H,51,53)(H,54,60)(H,55,61)/t38-,39-,40-,41?/m0/s1. The number of H-pyrrole nitrogens is 2. The molecule has 0 radical (unpaired) electrons. The fourth-order valence-corrected chi connectivity index (χ4v) is 11.1. The lowest BCUT2D eigenvalue weighted by Crippen LogP contribution is -2.52. The molecule has 65 heavy (non-hydrogen) atoms. The monoisotopic (exact) mass is 890 g/mol. The largest absolute Gasteiger partial charge is 0.453 e. The Morgan fingerprint density at radius 3 is 1.86 bits per heavy atom. The van der Waals surface area contributed by atoms with Gasteiger partial charge < -0.3 is 49.3 Å². The smallest absolute Gasteiger partial charge is 0.407 e. The number of ether oxygens (including phenoxy) is 4. The number of nitrogens with zero attached hydrogens (tertiary/aromatic N) is 4. The zero-order valence-corrected chi connectivity index (χ0v) is 38.3. The number of rotatable bonds is 11. The number of carbonyl (C=O) groups is 4. The Hall–Kier alpha value is -5.74. The molecule has 1 saturated carbocycles. The Kier molecular flexibility index (Phi) is 12.3. The van der Waals surface area contributed by atoms with Crippen LogP contribution in [0, 0.1) is 17.3 Å². The molecule has 16 nitrogen and oxygen atoms in total. The minimum Gasteiger partial charge on any atom is -0.453 e. The quantitative estimate of drug-likeness (QED) is 0.119. The van der Waals surface area contributed by atoms with Crippen molar-refractivity contribution in [1.29, 1.82) is 0 Å². The average Bonchev–Trinajstić information content (AvgIpc) is 4.17. The average molecular weight is 891 g/mol. The summed E-state index contributed by atoms with van der Waals surface area (Å²) in [6.45, 7) is 9.31. The second kappa shape index (κ2) is 17.9. The van der Waals surface area contributed by atoms with Crippen molar-refractivity contribution < 1.29 is 38.1 Å². The molecule has 3 aliphatic heterocycles. The van der Waals surface area contributed by atoms with Gasteiger partial charge in [0.1, 0.15) is 23.7 Å². The maximum absolute atomic E-state index is 14.1. The summed E-state index contributed by atoms with van der Waals surface area (Å²) in [6, 6.07) is 10.9. The number of aromatic nitrogens is 4. The Morgan fingerprint density at radius 2 is 1.25 bits per heavy atom. The van der Waals surface area contributed by atoms with Crippen LogP contribution in [0.1, 0.15) is 108 Å². The van der Waals surface area contributed by atoms with Crippen molar-refractivity contribution in [2.24, 2.45) is 17.3 Å². The fourth-order valence-electron chi connectivity index (χ4n) is 11.1. The molecular weight excluding hydrogens is 829 g/mol. The SMILES string of the molecule is COC(=O)NC(C(=O)N1CC2(C[C@H]1c1ncc(-c3ccc(-c4ccc(-c5cnc([C@@H]6CCCN6C(=O)[C@@H](NC(=O)OC)C(C)C)[nH]5)c5c4CC4(CCCC4)C5)cc3)[nH]1)OCCO2)C(C)C. The van der Waals surface area contributed by atoms with E-state index < -0.39 is 36.1 Å². The number of hydrogen-bond donors (Lipinski definition) is 4. The molecule has 5 heterocycles. The first kappa shape index (κ1) is 44.5. The summed E-state index contributed by atoms with van der Waals surface area (Å²) in [5.41, 5.74) is 9.28. The lowest BCUT2D eigenvalue weighted by atomic mass is 9.82. The van der Waals surface area contributed by atoms with Crippen LogP contribution in [0.5, 0.6) is 0 Å². The highest BCUT2D eigenvalue weighted by Gasteiger charge is 2.53. The molecule has 5 aliphatic rings. The number of likely N-dealkylation sites (tertiary alicyclic amines) is 2. The molecule has 4 fully saturated rings. The molecule has 1 unspecified atom stereocenters. The van der Waals surface area contributed by atoms with Crippen molar-refractivity contribution in [3.8, 4) is 33.6 Å². The number of benzene rings is 2. The normalized spacial score (nSPS) is 21.7. The minimum atomic E-state index is -0.936. The number of methoxy groups -OCH3 is 2. The maximum atomic E-state index is 14.1. The van der Waals surface area contributed by atoms with Gasteiger partial charge in [0.05, 0.1) is 69.8 Å². The highest BCUT2D eigenvalue weighted by Crippen LogP contribution is 2.53. The van der Waals surface area contributed by atoms with Crippen LogP contribution in [0.2, 0.25) is 0 Å². The Labute approximate surface area is 379 Å². The molecule has 4 aromatic rings. The minimum absolute atomic E-state index is 0.112. The first-order chi connectivity index (χ1) is 31.3. The van der Waals surface area contributed by atoms with Crippen LogP contribution in [-0.4, -0.2) is 112 Å². The molecule has 4 N–H and O–H groups in total. The molecule has 4 amide bonds. The third-order valence-electron chi connectivity index (χ3n) is 14.5. The van der Waals surface area contributed by atoms with Crippen LogP contribution in [0.4, 0.5) is 9.59 Å². The Morgan fingerprint density at radius 1 is 0.708 bits per heavy atom. The second-order valence-corrected chi connectivity index (χ2v) is 19.3. The van der Waals surface area contributed by atoms with Crippen molar-refractivity contribution in [2.45, 2.75) is 115 Å². The van der Waals surface area contributed by atoms with Gasteiger partial charge in [-0.2, -0.15) is 0 Å². The molecular formula is C49H62N8O8. The van der Waals surface area contributed by atoms with Gasteiger partial charge >= 0.3 is 12.2 Å². The maximum Gasteiger partial charge on any atom is 0.407 e. The molecule has 16 heteroatoms. The summed E-state index contributed by atoms with van der Waals surface area (Å²) in [6.07, 6.45) is 11.5. The molecule has 9 rings (SSSR count). The van der Waals surface area contributed by atoms with Crippen molar-refractivity contribution in [1.82, 2.24) is 40.4 Å². The first-order valence-electron chi connectivity index (χ1n) is 23.2. The summed E-state index contributed by atoms with van der Waals surface area (Å²) in [4.78, 5) is 72.8. The zero-order chi connectivity index (χ0) is 45.6. The van der Waals surface area contributed by atoms with E-state index in [1.807, 2.05) is 38.8 Å². The Balaban J connectivity index is 0.969. The molecule has 2 aromatic heterocycles. The van der Waals surface area contributed by atoms with Crippen LogP contribution in [0.3, 0.4) is 0 Å². The lowest BCUT2D eigenvalue weighted by Gasteiger charge is -2.30. The van der Waals surface area contributed by atoms with Gasteiger partial charge in [0.2, 0.25) is 11.8 Å². The van der Waals surface area contributed by atoms with E-state index in [0.717, 1.165) is 59.6 Å². The number of imidazole rings is 2. The van der Waals surface area contributed by atoms with Gasteiger partial charge in [-0.3, -0.25) is 9.59 Å². The predicted octanol–water partition coefficient (Wildman–Crippen LogP) is 7.23. The van der Waals surface area contributed by atoms with E-state index in [2.05, 4.69) is 57.0 Å². The third-order valence-corrected chi connectivity index (χ3v) is 14.5. The number of nitrogens with one attached hydrogen (secondary N) is 4. The van der Waals surface area contributed by atoms with E-state index in [9.17, 15) is 19.2 Å². The number of alkyl carbamates (subject to hydrolysis) is 2. The number of carbonyl (C=O) groups excluding carboxylic acids is 4. The Bertz CT molecular complexity index is 2410. The topological polar surface area (TPSA) is 193 Å². The van der Waals surface area contributed by atoms with E-state index in [1.165, 1.54) is 56.6 Å². The zero-order valence-electron chi connectivity index (χ0n) is 38.3. The number of aromatic amines is 2. The van der Waals surface area contributed by atoms with E-state index >= 15 is 0 Å². The van der Waals surface area contributed by atoms with Crippen molar-refractivity contribution in [2.75, 3.05) is 40.5 Å². The van der Waals surface area contributed by atoms with Crippen LogP contribution < -0.4 is 10.6 Å². The highest BCUT2D eigenvalue weighted by atomic mass is 16.7. The van der Waals surface area contributed by atoms with Crippen LogP contribution in [-0.2, 0) is 41.4 Å². The van der Waals surface area contributed by atoms with E-state index in [4.69, 9.17) is 28.9 Å². The molecule has 2 aromatic carbocycles. The van der Waals surface area contributed by atoms with Crippen LogP contribution in [0.15, 0.2) is 48.8 Å². The fraction of sp³-hybridized carbons (Fsp3) is 0.551. The second-order valence-electron chi connectivity index (χ2n) is 19.3. The van der Waals surface area contributed by atoms with Gasteiger partial charge in [-0.25, -0.2) is 19.6 Å². The van der Waals surface area contributed by atoms with Crippen molar-refractivity contribution >= 4 is 24.0 Å². The van der Waals surface area contributed by atoms with Crippen LogP contribution in [0.25, 0.3) is 33.6 Å². The van der Waals surface area contributed by atoms with Gasteiger partial charge in [-0.1, -0.05) is 76.9 Å². The number of amides is 4. The van der Waals surface area contributed by atoms with Gasteiger partial charge in [0.15, 0.2) is 5.79 Å². The van der Waals surface area contributed by atoms with Crippen molar-refractivity contribution in [3.05, 3.63) is 71.6 Å². The van der Waals surface area contributed by atoms with Gasteiger partial charge in [-0.15, -0.1) is 0 Å². The summed E-state index contributed by atoms with van der Waals surface area (Å²) >= 11 is 0. The molecule has 3 saturated heterocycles. The van der Waals surface area contributed by atoms with E-state index in [-0.39, 0.29) is 41.7 Å². The summed E-state index contributed by atoms with van der Waals surface area (Å²) in [5.74, 6) is -0.235. The highest BCUT2D eigenvalue weighted by molar-refractivity contribution is 5.87. The number of hydrogen-bond acceptors (Lipinski definition) is 10. The van der Waals surface area contributed by atoms with Crippen LogP contribution >= 0.6 is 0 Å². The molecule has 4 atom stereocenters. The van der Waals surface area contributed by atoms with Gasteiger partial charge in [-0.05, 0) is 83.6 Å². The number of fused-ring (bicyclic) bond motifs is 1. The third kappa shape index (κ3) is 8.50. The molecule has 346 valence electrons.